The van der Waals surface area contributed by atoms with Crippen molar-refractivity contribution < 1.29 is 0 Å². The molecule has 0 heterocycles. The molecule has 1 unspecified atom stereocenters. The fourth-order valence-electron chi connectivity index (χ4n) is 2.69. The SMILES string of the molecule is C=CCC1=Cc2c(N)ccc3cccc(c23)C1N. The molecule has 0 radical (unpaired) electrons. The van der Waals surface area contributed by atoms with Gasteiger partial charge in [-0.1, -0.05) is 36.4 Å². The molecule has 0 amide bonds. The molecule has 1 aliphatic carbocycles. The van der Waals surface area contributed by atoms with Crippen LogP contribution in [0.4, 0.5) is 5.69 Å². The van der Waals surface area contributed by atoms with Gasteiger partial charge in [0.05, 0.1) is 6.04 Å². The van der Waals surface area contributed by atoms with E-state index in [0.717, 1.165) is 23.2 Å². The summed E-state index contributed by atoms with van der Waals surface area (Å²) in [6.07, 6.45) is 4.80. The first kappa shape index (κ1) is 11.1. The molecule has 0 aromatic heterocycles. The molecular weight excluding hydrogens is 220 g/mol. The molecule has 2 aromatic carbocycles. The van der Waals surface area contributed by atoms with E-state index in [2.05, 4.69) is 30.9 Å². The number of nitrogens with two attached hydrogens (primary N) is 2. The Bertz CT molecular complexity index is 668. The smallest absolute Gasteiger partial charge is 0.0523 e. The maximum atomic E-state index is 6.33. The Kier molecular flexibility index (Phi) is 2.46. The van der Waals surface area contributed by atoms with E-state index in [9.17, 15) is 0 Å². The van der Waals surface area contributed by atoms with Crippen molar-refractivity contribution >= 4 is 22.5 Å². The molecule has 3 rings (SSSR count). The number of rotatable bonds is 2. The van der Waals surface area contributed by atoms with E-state index < -0.39 is 0 Å². The van der Waals surface area contributed by atoms with E-state index in [1.807, 2.05) is 18.2 Å². The molecule has 90 valence electrons. The quantitative estimate of drug-likeness (QED) is 0.620. The summed E-state index contributed by atoms with van der Waals surface area (Å²) < 4.78 is 0. The third-order valence-corrected chi connectivity index (χ3v) is 3.60. The van der Waals surface area contributed by atoms with Gasteiger partial charge >= 0.3 is 0 Å². The van der Waals surface area contributed by atoms with Gasteiger partial charge < -0.3 is 11.5 Å². The van der Waals surface area contributed by atoms with Crippen molar-refractivity contribution in [3.8, 4) is 0 Å². The van der Waals surface area contributed by atoms with Gasteiger partial charge in [-0.15, -0.1) is 6.58 Å². The van der Waals surface area contributed by atoms with E-state index in [-0.39, 0.29) is 6.04 Å². The van der Waals surface area contributed by atoms with Crippen LogP contribution in [-0.2, 0) is 0 Å². The molecule has 0 aliphatic heterocycles. The van der Waals surface area contributed by atoms with Crippen LogP contribution in [0.1, 0.15) is 23.6 Å². The number of nitrogen functional groups attached to an aromatic ring is 1. The summed E-state index contributed by atoms with van der Waals surface area (Å²) in [7, 11) is 0. The van der Waals surface area contributed by atoms with Crippen LogP contribution >= 0.6 is 0 Å². The average molecular weight is 236 g/mol. The van der Waals surface area contributed by atoms with Gasteiger partial charge in [0.2, 0.25) is 0 Å². The van der Waals surface area contributed by atoms with Crippen molar-refractivity contribution in [2.24, 2.45) is 5.73 Å². The van der Waals surface area contributed by atoms with Gasteiger partial charge in [0.15, 0.2) is 0 Å². The minimum atomic E-state index is -0.0546. The van der Waals surface area contributed by atoms with Crippen LogP contribution in [0, 0.1) is 0 Å². The van der Waals surface area contributed by atoms with E-state index in [1.165, 1.54) is 16.3 Å². The van der Waals surface area contributed by atoms with Gasteiger partial charge in [-0.25, -0.2) is 0 Å². The summed E-state index contributed by atoms with van der Waals surface area (Å²) in [4.78, 5) is 0. The van der Waals surface area contributed by atoms with Crippen molar-refractivity contribution in [1.29, 1.82) is 0 Å². The Morgan fingerprint density at radius 2 is 2.06 bits per heavy atom. The fourth-order valence-corrected chi connectivity index (χ4v) is 2.69. The largest absolute Gasteiger partial charge is 0.398 e. The highest BCUT2D eigenvalue weighted by atomic mass is 14.7. The van der Waals surface area contributed by atoms with Gasteiger partial charge in [-0.3, -0.25) is 0 Å². The minimum absolute atomic E-state index is 0.0546. The Balaban J connectivity index is 2.37. The van der Waals surface area contributed by atoms with Crippen molar-refractivity contribution in [2.75, 3.05) is 5.73 Å². The van der Waals surface area contributed by atoms with Crippen molar-refractivity contribution in [3.63, 3.8) is 0 Å². The van der Waals surface area contributed by atoms with Crippen LogP contribution in [0.5, 0.6) is 0 Å². The van der Waals surface area contributed by atoms with Gasteiger partial charge in [0.25, 0.3) is 0 Å². The second kappa shape index (κ2) is 4.00. The van der Waals surface area contributed by atoms with Crippen LogP contribution in [0.2, 0.25) is 0 Å². The molecule has 0 saturated heterocycles. The van der Waals surface area contributed by atoms with Gasteiger partial charge in [-0.05, 0) is 34.4 Å². The van der Waals surface area contributed by atoms with E-state index >= 15 is 0 Å². The zero-order valence-corrected chi connectivity index (χ0v) is 10.2. The van der Waals surface area contributed by atoms with Crippen molar-refractivity contribution in [1.82, 2.24) is 0 Å². The molecule has 0 spiro atoms. The highest BCUT2D eigenvalue weighted by Crippen LogP contribution is 2.39. The summed E-state index contributed by atoms with van der Waals surface area (Å²) >= 11 is 0. The van der Waals surface area contributed by atoms with Gasteiger partial charge in [0.1, 0.15) is 0 Å². The molecule has 1 aliphatic rings. The second-order valence-corrected chi connectivity index (χ2v) is 4.70. The standard InChI is InChI=1S/C16H16N2/c1-2-4-11-9-13-14(17)8-7-10-5-3-6-12(15(10)13)16(11)18/h2-3,5-9,16H,1,4,17-18H2. The lowest BCUT2D eigenvalue weighted by Gasteiger charge is -2.24. The van der Waals surface area contributed by atoms with E-state index in [4.69, 9.17) is 11.5 Å². The Morgan fingerprint density at radius 3 is 2.83 bits per heavy atom. The summed E-state index contributed by atoms with van der Waals surface area (Å²) in [5.74, 6) is 0. The predicted octanol–water partition coefficient (Wildman–Crippen LogP) is 3.39. The van der Waals surface area contributed by atoms with Crippen LogP contribution in [0.3, 0.4) is 0 Å². The van der Waals surface area contributed by atoms with E-state index in [0.29, 0.717) is 0 Å². The lowest BCUT2D eigenvalue weighted by atomic mass is 9.84. The molecule has 0 saturated carbocycles. The topological polar surface area (TPSA) is 52.0 Å². The van der Waals surface area contributed by atoms with Gasteiger partial charge in [-0.2, -0.15) is 0 Å². The minimum Gasteiger partial charge on any atom is -0.398 e. The molecule has 2 heteroatoms. The number of anilines is 1. The first-order valence-corrected chi connectivity index (χ1v) is 6.10. The third kappa shape index (κ3) is 1.46. The van der Waals surface area contributed by atoms with Crippen molar-refractivity contribution in [3.05, 3.63) is 59.7 Å². The van der Waals surface area contributed by atoms with E-state index in [1.54, 1.807) is 0 Å². The first-order valence-electron chi connectivity index (χ1n) is 6.10. The molecule has 0 bridgehead atoms. The number of hydrogen-bond acceptors (Lipinski definition) is 2. The summed E-state index contributed by atoms with van der Waals surface area (Å²) in [6.45, 7) is 3.79. The van der Waals surface area contributed by atoms with Crippen LogP contribution < -0.4 is 11.5 Å². The Hall–Kier alpha value is -2.06. The highest BCUT2D eigenvalue weighted by molar-refractivity contribution is 6.00. The lowest BCUT2D eigenvalue weighted by molar-refractivity contribution is 0.830. The average Bonchev–Trinajstić information content (AvgIpc) is 2.38. The number of benzene rings is 2. The monoisotopic (exact) mass is 236 g/mol. The molecular formula is C16H16N2. The predicted molar refractivity (Wildman–Crippen MR) is 78.1 cm³/mol. The zero-order chi connectivity index (χ0) is 12.7. The zero-order valence-electron chi connectivity index (χ0n) is 10.2. The molecule has 4 N–H and O–H groups in total. The maximum Gasteiger partial charge on any atom is 0.0523 e. The molecule has 2 aromatic rings. The maximum absolute atomic E-state index is 6.33. The van der Waals surface area contributed by atoms with Crippen LogP contribution in [-0.4, -0.2) is 0 Å². The van der Waals surface area contributed by atoms with Gasteiger partial charge in [0, 0.05) is 11.3 Å². The summed E-state index contributed by atoms with van der Waals surface area (Å²) in [5, 5.41) is 2.39. The second-order valence-electron chi connectivity index (χ2n) is 4.70. The van der Waals surface area contributed by atoms with Crippen LogP contribution in [0.25, 0.3) is 16.8 Å². The molecule has 2 nitrogen and oxygen atoms in total. The number of allylic oxidation sites excluding steroid dienone is 1. The normalized spacial score (nSPS) is 17.6. The highest BCUT2D eigenvalue weighted by Gasteiger charge is 2.21. The first-order chi connectivity index (χ1) is 8.72. The summed E-state index contributed by atoms with van der Waals surface area (Å²) in [5.41, 5.74) is 16.7. The Labute approximate surface area is 107 Å². The fraction of sp³-hybridized carbons (Fsp3) is 0.125. The third-order valence-electron chi connectivity index (χ3n) is 3.60. The Morgan fingerprint density at radius 1 is 1.22 bits per heavy atom. The lowest BCUT2D eigenvalue weighted by Crippen LogP contribution is -2.16. The molecule has 0 fully saturated rings. The molecule has 1 atom stereocenters. The van der Waals surface area contributed by atoms with Crippen molar-refractivity contribution in [2.45, 2.75) is 12.5 Å². The number of hydrogen-bond donors (Lipinski definition) is 2. The molecule has 18 heavy (non-hydrogen) atoms. The summed E-state index contributed by atoms with van der Waals surface area (Å²) in [6, 6.07) is 10.2. The van der Waals surface area contributed by atoms with Crippen LogP contribution in [0.15, 0.2) is 48.6 Å².